The second-order valence-corrected chi connectivity index (χ2v) is 4.77. The van der Waals surface area contributed by atoms with Gasteiger partial charge in [-0.2, -0.15) is 0 Å². The highest BCUT2D eigenvalue weighted by molar-refractivity contribution is 5.95. The Bertz CT molecular complexity index is 484. The molecule has 4 nitrogen and oxygen atoms in total. The fraction of sp³-hybridized carbons (Fsp3) is 0.429. The monoisotopic (exact) mass is 247 g/mol. The van der Waals surface area contributed by atoms with Crippen molar-refractivity contribution in [3.63, 3.8) is 0 Å². The van der Waals surface area contributed by atoms with Gasteiger partial charge in [-0.1, -0.05) is 12.1 Å². The molecule has 1 aliphatic rings. The minimum Gasteiger partial charge on any atom is -0.481 e. The minimum absolute atomic E-state index is 0.0264. The van der Waals surface area contributed by atoms with Gasteiger partial charge in [-0.15, -0.1) is 0 Å². The Kier molecular flexibility index (Phi) is 3.36. The molecule has 1 aromatic carbocycles. The lowest BCUT2D eigenvalue weighted by Crippen LogP contribution is -2.32. The van der Waals surface area contributed by atoms with Crippen molar-refractivity contribution in [2.24, 2.45) is 5.92 Å². The van der Waals surface area contributed by atoms with Crippen molar-refractivity contribution in [2.45, 2.75) is 26.3 Å². The number of rotatable bonds is 3. The fourth-order valence-corrected chi connectivity index (χ4v) is 2.54. The van der Waals surface area contributed by atoms with Gasteiger partial charge >= 0.3 is 5.97 Å². The normalized spacial score (nSPS) is 23.1. The molecule has 4 heteroatoms. The molecule has 0 radical (unpaired) electrons. The van der Waals surface area contributed by atoms with Gasteiger partial charge in [-0.25, -0.2) is 0 Å². The van der Waals surface area contributed by atoms with Crippen LogP contribution in [0, 0.1) is 5.92 Å². The molecular formula is C14H17NO3. The lowest BCUT2D eigenvalue weighted by Gasteiger charge is -2.25. The summed E-state index contributed by atoms with van der Waals surface area (Å²) >= 11 is 0. The zero-order valence-electron chi connectivity index (χ0n) is 10.6. The third kappa shape index (κ3) is 2.23. The summed E-state index contributed by atoms with van der Waals surface area (Å²) in [6.07, 6.45) is 0.654. The van der Waals surface area contributed by atoms with E-state index < -0.39 is 5.97 Å². The van der Waals surface area contributed by atoms with Gasteiger partial charge in [0.15, 0.2) is 5.78 Å². The highest BCUT2D eigenvalue weighted by atomic mass is 16.4. The number of nitrogens with zero attached hydrogens (tertiary/aromatic N) is 1. The fourth-order valence-electron chi connectivity index (χ4n) is 2.54. The molecule has 1 aliphatic heterocycles. The zero-order chi connectivity index (χ0) is 13.3. The van der Waals surface area contributed by atoms with Crippen molar-refractivity contribution in [3.05, 3.63) is 29.8 Å². The van der Waals surface area contributed by atoms with E-state index in [0.717, 1.165) is 12.2 Å². The molecule has 1 N–H and O–H groups in total. The first-order valence-electron chi connectivity index (χ1n) is 6.11. The maximum absolute atomic E-state index is 11.4. The van der Waals surface area contributed by atoms with Gasteiger partial charge in [-0.3, -0.25) is 9.59 Å². The van der Waals surface area contributed by atoms with Crippen molar-refractivity contribution in [1.82, 2.24) is 0 Å². The molecule has 1 aromatic rings. The molecule has 96 valence electrons. The van der Waals surface area contributed by atoms with Crippen LogP contribution in [0.1, 0.15) is 30.6 Å². The zero-order valence-corrected chi connectivity index (χ0v) is 10.6. The third-order valence-corrected chi connectivity index (χ3v) is 3.66. The van der Waals surface area contributed by atoms with Crippen molar-refractivity contribution < 1.29 is 14.7 Å². The predicted molar refractivity (Wildman–Crippen MR) is 69.0 cm³/mol. The summed E-state index contributed by atoms with van der Waals surface area (Å²) in [6.45, 7) is 4.18. The maximum Gasteiger partial charge on any atom is 0.308 e. The van der Waals surface area contributed by atoms with Crippen molar-refractivity contribution in [3.8, 4) is 0 Å². The Labute approximate surface area is 106 Å². The molecule has 0 aliphatic carbocycles. The van der Waals surface area contributed by atoms with Crippen LogP contribution in [0.2, 0.25) is 0 Å². The number of carboxylic acids is 1. The van der Waals surface area contributed by atoms with Gasteiger partial charge < -0.3 is 10.0 Å². The summed E-state index contributed by atoms with van der Waals surface area (Å²) in [7, 11) is 0. The molecule has 0 amide bonds. The summed E-state index contributed by atoms with van der Waals surface area (Å²) in [4.78, 5) is 24.5. The van der Waals surface area contributed by atoms with Crippen molar-refractivity contribution in [2.75, 3.05) is 11.4 Å². The number of carboxylic acid groups (broad SMARTS) is 1. The van der Waals surface area contributed by atoms with E-state index in [2.05, 4.69) is 4.90 Å². The SMILES string of the molecule is CC(=O)c1cccc(N2CCC(C(=O)O)C2C)c1. The predicted octanol–water partition coefficient (Wildman–Crippen LogP) is 2.19. The van der Waals surface area contributed by atoms with Gasteiger partial charge in [-0.05, 0) is 32.4 Å². The molecule has 1 fully saturated rings. The number of carbonyl (C=O) groups is 2. The Morgan fingerprint density at radius 2 is 2.11 bits per heavy atom. The van der Waals surface area contributed by atoms with Gasteiger partial charge in [0.25, 0.3) is 0 Å². The summed E-state index contributed by atoms with van der Waals surface area (Å²) in [6, 6.07) is 7.34. The molecule has 0 spiro atoms. The largest absolute Gasteiger partial charge is 0.481 e. The van der Waals surface area contributed by atoms with Crippen LogP contribution in [0.15, 0.2) is 24.3 Å². The number of carbonyl (C=O) groups excluding carboxylic acids is 1. The third-order valence-electron chi connectivity index (χ3n) is 3.66. The van der Waals surface area contributed by atoms with Gasteiger partial charge in [0.1, 0.15) is 0 Å². The number of anilines is 1. The van der Waals surface area contributed by atoms with E-state index >= 15 is 0 Å². The lowest BCUT2D eigenvalue weighted by molar-refractivity contribution is -0.141. The molecule has 1 saturated heterocycles. The van der Waals surface area contributed by atoms with Crippen LogP contribution in [0.25, 0.3) is 0 Å². The number of aliphatic carboxylic acids is 1. The van der Waals surface area contributed by atoms with Crippen LogP contribution in [0.4, 0.5) is 5.69 Å². The first kappa shape index (κ1) is 12.6. The molecule has 0 bridgehead atoms. The smallest absolute Gasteiger partial charge is 0.308 e. The number of ketones is 1. The second kappa shape index (κ2) is 4.80. The Hall–Kier alpha value is -1.84. The van der Waals surface area contributed by atoms with Crippen LogP contribution >= 0.6 is 0 Å². The molecule has 0 saturated carbocycles. The molecule has 1 heterocycles. The lowest BCUT2D eigenvalue weighted by atomic mass is 10.0. The average molecular weight is 247 g/mol. The van der Waals surface area contributed by atoms with Gasteiger partial charge in [0, 0.05) is 23.8 Å². The van der Waals surface area contributed by atoms with Crippen molar-refractivity contribution >= 4 is 17.4 Å². The number of hydrogen-bond donors (Lipinski definition) is 1. The van der Waals surface area contributed by atoms with Crippen LogP contribution < -0.4 is 4.90 Å². The highest BCUT2D eigenvalue weighted by Crippen LogP contribution is 2.30. The van der Waals surface area contributed by atoms with E-state index in [4.69, 9.17) is 5.11 Å². The molecular weight excluding hydrogens is 230 g/mol. The van der Waals surface area contributed by atoms with Crippen molar-refractivity contribution in [1.29, 1.82) is 0 Å². The second-order valence-electron chi connectivity index (χ2n) is 4.77. The number of benzene rings is 1. The van der Waals surface area contributed by atoms with Crippen LogP contribution in [0.3, 0.4) is 0 Å². The van der Waals surface area contributed by atoms with E-state index in [1.54, 1.807) is 6.07 Å². The first-order chi connectivity index (χ1) is 8.50. The van der Waals surface area contributed by atoms with Crippen LogP contribution in [0.5, 0.6) is 0 Å². The molecule has 2 rings (SSSR count). The Balaban J connectivity index is 2.25. The Morgan fingerprint density at radius 3 is 2.67 bits per heavy atom. The topological polar surface area (TPSA) is 57.6 Å². The van der Waals surface area contributed by atoms with Gasteiger partial charge in [0.05, 0.1) is 5.92 Å². The summed E-state index contributed by atoms with van der Waals surface area (Å²) in [5.41, 5.74) is 1.59. The summed E-state index contributed by atoms with van der Waals surface area (Å²) in [5.74, 6) is -1.04. The van der Waals surface area contributed by atoms with Gasteiger partial charge in [0.2, 0.25) is 0 Å². The van der Waals surface area contributed by atoms with E-state index in [-0.39, 0.29) is 17.7 Å². The van der Waals surface area contributed by atoms with Crippen LogP contribution in [-0.2, 0) is 4.79 Å². The first-order valence-corrected chi connectivity index (χ1v) is 6.11. The van der Waals surface area contributed by atoms with E-state index in [9.17, 15) is 9.59 Å². The standard InChI is InChI=1S/C14H17NO3/c1-9-13(14(17)18)6-7-15(9)12-5-3-4-11(8-12)10(2)16/h3-5,8-9,13H,6-7H2,1-2H3,(H,17,18). The van der Waals surface area contributed by atoms with E-state index in [1.165, 1.54) is 6.92 Å². The highest BCUT2D eigenvalue weighted by Gasteiger charge is 2.35. The Morgan fingerprint density at radius 1 is 1.39 bits per heavy atom. The van der Waals surface area contributed by atoms with E-state index in [0.29, 0.717) is 12.0 Å². The quantitative estimate of drug-likeness (QED) is 0.832. The van der Waals surface area contributed by atoms with Crippen LogP contribution in [-0.4, -0.2) is 29.4 Å². The van der Waals surface area contributed by atoms with E-state index in [1.807, 2.05) is 25.1 Å². The molecule has 2 unspecified atom stereocenters. The molecule has 0 aromatic heterocycles. The summed E-state index contributed by atoms with van der Waals surface area (Å²) < 4.78 is 0. The number of Topliss-reactive ketones (excluding diaryl/α,β-unsaturated/α-hetero) is 1. The molecule has 2 atom stereocenters. The molecule has 18 heavy (non-hydrogen) atoms. The minimum atomic E-state index is -0.743. The number of hydrogen-bond acceptors (Lipinski definition) is 3. The summed E-state index contributed by atoms with van der Waals surface area (Å²) in [5, 5.41) is 9.11. The maximum atomic E-state index is 11.4. The average Bonchev–Trinajstić information content (AvgIpc) is 2.71.